The molecule has 2 atom stereocenters. The van der Waals surface area contributed by atoms with Crippen LogP contribution in [0.4, 0.5) is 10.1 Å². The summed E-state index contributed by atoms with van der Waals surface area (Å²) in [5.74, 6) is -1.45. The Hall–Kier alpha value is -3.43. The third-order valence-electron chi connectivity index (χ3n) is 6.66. The van der Waals surface area contributed by atoms with Crippen LogP contribution in [0, 0.1) is 12.7 Å². The van der Waals surface area contributed by atoms with Gasteiger partial charge in [0, 0.05) is 17.6 Å². The lowest BCUT2D eigenvalue weighted by molar-refractivity contribution is -0.140. The van der Waals surface area contributed by atoms with E-state index in [1.54, 1.807) is 43.3 Å². The number of anilines is 1. The fraction of sp³-hybridized carbons (Fsp3) is 0.333. The highest BCUT2D eigenvalue weighted by molar-refractivity contribution is 7.92. The normalized spacial score (nSPS) is 12.8. The average Bonchev–Trinajstić information content (AvgIpc) is 2.93. The lowest BCUT2D eigenvalue weighted by Gasteiger charge is -2.33. The Morgan fingerprint density at radius 2 is 1.52 bits per heavy atom. The van der Waals surface area contributed by atoms with E-state index in [9.17, 15) is 22.4 Å². The number of carbonyl (C=O) groups excluding carboxylic acids is 2. The molecule has 10 heteroatoms. The van der Waals surface area contributed by atoms with Crippen LogP contribution in [0.15, 0.2) is 77.7 Å². The summed E-state index contributed by atoms with van der Waals surface area (Å²) in [6.45, 7) is 6.91. The predicted molar refractivity (Wildman–Crippen MR) is 156 cm³/mol. The van der Waals surface area contributed by atoms with Crippen LogP contribution >= 0.6 is 11.6 Å². The van der Waals surface area contributed by atoms with E-state index in [-0.39, 0.29) is 29.1 Å². The third kappa shape index (κ3) is 7.82. The van der Waals surface area contributed by atoms with Gasteiger partial charge in [-0.1, -0.05) is 55.3 Å². The Morgan fingerprint density at radius 1 is 0.925 bits per heavy atom. The van der Waals surface area contributed by atoms with Gasteiger partial charge in [0.2, 0.25) is 11.8 Å². The van der Waals surface area contributed by atoms with Crippen LogP contribution in [-0.4, -0.2) is 43.8 Å². The molecular formula is C30H35ClFN3O4S. The Balaban J connectivity index is 2.04. The second-order valence-corrected chi connectivity index (χ2v) is 12.0. The Bertz CT molecular complexity index is 1400. The molecule has 2 amide bonds. The summed E-state index contributed by atoms with van der Waals surface area (Å²) < 4.78 is 42.3. The fourth-order valence-electron chi connectivity index (χ4n) is 4.12. The minimum absolute atomic E-state index is 0.0129. The number of nitrogens with one attached hydrogen (secondary N) is 1. The van der Waals surface area contributed by atoms with Gasteiger partial charge in [-0.25, -0.2) is 12.8 Å². The number of hydrogen-bond donors (Lipinski definition) is 1. The van der Waals surface area contributed by atoms with Crippen LogP contribution < -0.4 is 9.62 Å². The van der Waals surface area contributed by atoms with E-state index in [0.717, 1.165) is 27.6 Å². The van der Waals surface area contributed by atoms with Crippen molar-refractivity contribution in [2.24, 2.45) is 0 Å². The summed E-state index contributed by atoms with van der Waals surface area (Å²) in [5, 5.41) is 3.46. The molecule has 0 saturated carbocycles. The molecule has 0 aromatic heterocycles. The number of carbonyl (C=O) groups is 2. The van der Waals surface area contributed by atoms with Gasteiger partial charge in [-0.2, -0.15) is 0 Å². The number of rotatable bonds is 12. The zero-order valence-electron chi connectivity index (χ0n) is 23.1. The van der Waals surface area contributed by atoms with Crippen molar-refractivity contribution in [3.8, 4) is 0 Å². The van der Waals surface area contributed by atoms with Crippen molar-refractivity contribution < 1.29 is 22.4 Å². The molecular weight excluding hydrogens is 553 g/mol. The summed E-state index contributed by atoms with van der Waals surface area (Å²) in [4.78, 5) is 28.7. The first kappa shape index (κ1) is 31.1. The first-order valence-corrected chi connectivity index (χ1v) is 15.0. The molecule has 1 N–H and O–H groups in total. The number of nitrogens with zero attached hydrogens (tertiary/aromatic N) is 2. The van der Waals surface area contributed by atoms with Crippen molar-refractivity contribution in [3.05, 3.63) is 94.8 Å². The van der Waals surface area contributed by atoms with Gasteiger partial charge >= 0.3 is 0 Å². The second-order valence-electron chi connectivity index (χ2n) is 9.69. The summed E-state index contributed by atoms with van der Waals surface area (Å²) >= 11 is 6.05. The zero-order valence-corrected chi connectivity index (χ0v) is 24.7. The van der Waals surface area contributed by atoms with Gasteiger partial charge in [0.05, 0.1) is 10.6 Å². The Morgan fingerprint density at radius 3 is 2.08 bits per heavy atom. The van der Waals surface area contributed by atoms with Crippen molar-refractivity contribution in [3.63, 3.8) is 0 Å². The molecule has 0 aliphatic heterocycles. The van der Waals surface area contributed by atoms with Crippen LogP contribution in [0.25, 0.3) is 0 Å². The van der Waals surface area contributed by atoms with Gasteiger partial charge in [0.25, 0.3) is 10.0 Å². The van der Waals surface area contributed by atoms with Crippen LogP contribution in [0.5, 0.6) is 0 Å². The number of sulfonamides is 1. The number of benzene rings is 3. The topological polar surface area (TPSA) is 86.8 Å². The van der Waals surface area contributed by atoms with Gasteiger partial charge in [-0.3, -0.25) is 13.9 Å². The lowest BCUT2D eigenvalue weighted by Crippen LogP contribution is -2.53. The molecule has 0 aliphatic rings. The fourth-order valence-corrected chi connectivity index (χ4v) is 5.66. The van der Waals surface area contributed by atoms with Gasteiger partial charge in [-0.05, 0) is 80.8 Å². The van der Waals surface area contributed by atoms with E-state index < -0.39 is 34.3 Å². The molecule has 214 valence electrons. The summed E-state index contributed by atoms with van der Waals surface area (Å²) in [6.07, 6.45) is 1.02. The molecule has 3 aromatic rings. The Labute approximate surface area is 241 Å². The first-order chi connectivity index (χ1) is 19.0. The van der Waals surface area contributed by atoms with Gasteiger partial charge in [0.1, 0.15) is 18.4 Å². The van der Waals surface area contributed by atoms with E-state index in [1.165, 1.54) is 29.2 Å². The maximum absolute atomic E-state index is 14.0. The number of aryl methyl sites for hydroxylation is 1. The van der Waals surface area contributed by atoms with Crippen molar-refractivity contribution in [2.45, 2.75) is 64.1 Å². The number of amides is 2. The molecule has 40 heavy (non-hydrogen) atoms. The molecule has 0 heterocycles. The van der Waals surface area contributed by atoms with E-state index in [4.69, 9.17) is 11.6 Å². The molecule has 0 aliphatic carbocycles. The smallest absolute Gasteiger partial charge is 0.264 e. The zero-order chi connectivity index (χ0) is 29.4. The van der Waals surface area contributed by atoms with Crippen molar-refractivity contribution >= 4 is 39.1 Å². The molecule has 0 saturated heterocycles. The summed E-state index contributed by atoms with van der Waals surface area (Å²) in [7, 11) is -4.22. The standard InChI is InChI=1S/C30H35ClFN3O4S/c1-5-22(4)33-30(37)28(6-2)34(19-23-9-11-24(31)12-10-23)29(36)20-35(26-15-13-25(32)14-16-26)40(38,39)27-17-7-21(3)8-18-27/h7-18,22,28H,5-6,19-20H2,1-4H3,(H,33,37)/t22-,28-/m0/s1. The highest BCUT2D eigenvalue weighted by Gasteiger charge is 2.34. The van der Waals surface area contributed by atoms with E-state index in [2.05, 4.69) is 5.32 Å². The van der Waals surface area contributed by atoms with Crippen molar-refractivity contribution in [2.75, 3.05) is 10.8 Å². The highest BCUT2D eigenvalue weighted by atomic mass is 35.5. The van der Waals surface area contributed by atoms with E-state index in [1.807, 2.05) is 20.8 Å². The average molecular weight is 588 g/mol. The molecule has 3 rings (SSSR count). The molecule has 3 aromatic carbocycles. The molecule has 0 unspecified atom stereocenters. The largest absolute Gasteiger partial charge is 0.352 e. The van der Waals surface area contributed by atoms with Crippen LogP contribution in [-0.2, 0) is 26.2 Å². The van der Waals surface area contributed by atoms with Crippen LogP contribution in [0.3, 0.4) is 0 Å². The number of halogens is 2. The maximum atomic E-state index is 14.0. The van der Waals surface area contributed by atoms with Crippen molar-refractivity contribution in [1.29, 1.82) is 0 Å². The van der Waals surface area contributed by atoms with Gasteiger partial charge in [-0.15, -0.1) is 0 Å². The minimum Gasteiger partial charge on any atom is -0.352 e. The highest BCUT2D eigenvalue weighted by Crippen LogP contribution is 2.25. The number of hydrogen-bond acceptors (Lipinski definition) is 4. The van der Waals surface area contributed by atoms with E-state index in [0.29, 0.717) is 17.9 Å². The van der Waals surface area contributed by atoms with Crippen LogP contribution in [0.1, 0.15) is 44.7 Å². The summed E-state index contributed by atoms with van der Waals surface area (Å²) in [6, 6.07) is 17.1. The first-order valence-electron chi connectivity index (χ1n) is 13.2. The van der Waals surface area contributed by atoms with Crippen LogP contribution in [0.2, 0.25) is 5.02 Å². The van der Waals surface area contributed by atoms with Gasteiger partial charge < -0.3 is 10.2 Å². The molecule has 0 bridgehead atoms. The maximum Gasteiger partial charge on any atom is 0.264 e. The monoisotopic (exact) mass is 587 g/mol. The van der Waals surface area contributed by atoms with Crippen molar-refractivity contribution in [1.82, 2.24) is 10.2 Å². The third-order valence-corrected chi connectivity index (χ3v) is 8.70. The Kier molecular flexibility index (Phi) is 10.7. The summed E-state index contributed by atoms with van der Waals surface area (Å²) in [5.41, 5.74) is 1.72. The van der Waals surface area contributed by atoms with Gasteiger partial charge in [0.15, 0.2) is 0 Å². The van der Waals surface area contributed by atoms with E-state index >= 15 is 0 Å². The second kappa shape index (κ2) is 13.8. The lowest BCUT2D eigenvalue weighted by atomic mass is 10.1. The SMILES string of the molecule is CC[C@H](C)NC(=O)[C@H](CC)N(Cc1ccc(Cl)cc1)C(=O)CN(c1ccc(F)cc1)S(=O)(=O)c1ccc(C)cc1. The minimum atomic E-state index is -4.22. The predicted octanol–water partition coefficient (Wildman–Crippen LogP) is 5.70. The molecule has 7 nitrogen and oxygen atoms in total. The quantitative estimate of drug-likeness (QED) is 0.294. The molecule has 0 radical (unpaired) electrons. The molecule has 0 fully saturated rings. The molecule has 0 spiro atoms.